The Hall–Kier alpha value is -1.24. The molecule has 1 saturated carbocycles. The van der Waals surface area contributed by atoms with Crippen LogP contribution in [0.1, 0.15) is 41.9 Å². The number of hydrogen-bond acceptors (Lipinski definition) is 1. The van der Waals surface area contributed by atoms with Crippen LogP contribution in [0.5, 0.6) is 0 Å². The highest BCUT2D eigenvalue weighted by atomic mass is 14.6. The molecule has 1 nitrogen and oxygen atoms in total. The second-order valence-electron chi connectivity index (χ2n) is 4.35. The average Bonchev–Trinajstić information content (AvgIpc) is 3.03. The first kappa shape index (κ1) is 8.10. The van der Waals surface area contributed by atoms with E-state index in [1.165, 1.54) is 29.5 Å². The molecule has 1 heteroatoms. The average molecular weight is 185 g/mol. The predicted octanol–water partition coefficient (Wildman–Crippen LogP) is 3.11. The molecule has 1 aromatic rings. The largest absolute Gasteiger partial charge is 0.398 e. The van der Waals surface area contributed by atoms with E-state index in [4.69, 9.17) is 5.73 Å². The van der Waals surface area contributed by atoms with Gasteiger partial charge in [-0.05, 0) is 54.4 Å². The molecule has 14 heavy (non-hydrogen) atoms. The molecule has 0 radical (unpaired) electrons. The van der Waals surface area contributed by atoms with E-state index in [2.05, 4.69) is 24.3 Å². The molecule has 1 aromatic carbocycles. The zero-order valence-corrected chi connectivity index (χ0v) is 8.29. The third-order valence-electron chi connectivity index (χ3n) is 3.29. The van der Waals surface area contributed by atoms with Crippen LogP contribution >= 0.6 is 0 Å². The number of rotatable bonds is 1. The summed E-state index contributed by atoms with van der Waals surface area (Å²) in [5.41, 5.74) is 11.3. The van der Waals surface area contributed by atoms with Crippen LogP contribution in [0.15, 0.2) is 18.2 Å². The van der Waals surface area contributed by atoms with Crippen molar-refractivity contribution in [1.29, 1.82) is 0 Å². The standard InChI is InChI=1S/C13H15N/c14-13-8-7-10(9-5-6-9)11-3-1-2-4-12(11)13/h1,3,7-9H,2,4-6,14H2. The molecule has 0 heterocycles. The van der Waals surface area contributed by atoms with Crippen LogP contribution in [0.4, 0.5) is 5.69 Å². The molecule has 0 atom stereocenters. The molecule has 2 aliphatic carbocycles. The van der Waals surface area contributed by atoms with Crippen LogP contribution in [0, 0.1) is 0 Å². The molecule has 0 bridgehead atoms. The molecule has 0 aliphatic heterocycles. The van der Waals surface area contributed by atoms with Gasteiger partial charge in [-0.15, -0.1) is 0 Å². The summed E-state index contributed by atoms with van der Waals surface area (Å²) in [7, 11) is 0. The molecular weight excluding hydrogens is 170 g/mol. The van der Waals surface area contributed by atoms with Crippen LogP contribution < -0.4 is 5.73 Å². The number of allylic oxidation sites excluding steroid dienone is 1. The summed E-state index contributed by atoms with van der Waals surface area (Å²) in [5, 5.41) is 0. The van der Waals surface area contributed by atoms with Gasteiger partial charge in [-0.3, -0.25) is 0 Å². The lowest BCUT2D eigenvalue weighted by Crippen LogP contribution is -2.03. The van der Waals surface area contributed by atoms with Gasteiger partial charge in [-0.1, -0.05) is 18.2 Å². The van der Waals surface area contributed by atoms with Gasteiger partial charge in [0.15, 0.2) is 0 Å². The highest BCUT2D eigenvalue weighted by Gasteiger charge is 2.27. The number of fused-ring (bicyclic) bond motifs is 1. The van der Waals surface area contributed by atoms with E-state index in [-0.39, 0.29) is 0 Å². The maximum Gasteiger partial charge on any atom is 0.0352 e. The van der Waals surface area contributed by atoms with Crippen LogP contribution in [0.2, 0.25) is 0 Å². The van der Waals surface area contributed by atoms with Crippen LogP contribution in [0.3, 0.4) is 0 Å². The Bertz CT molecular complexity index is 400. The van der Waals surface area contributed by atoms with E-state index in [1.807, 2.05) is 0 Å². The van der Waals surface area contributed by atoms with Gasteiger partial charge >= 0.3 is 0 Å². The molecule has 2 aliphatic rings. The predicted molar refractivity (Wildman–Crippen MR) is 60.2 cm³/mol. The quantitative estimate of drug-likeness (QED) is 0.668. The number of benzene rings is 1. The molecule has 0 aromatic heterocycles. The molecule has 0 spiro atoms. The third kappa shape index (κ3) is 1.16. The summed E-state index contributed by atoms with van der Waals surface area (Å²) in [6, 6.07) is 4.31. The lowest BCUT2D eigenvalue weighted by Gasteiger charge is -2.16. The van der Waals surface area contributed by atoms with Gasteiger partial charge in [0.25, 0.3) is 0 Å². The van der Waals surface area contributed by atoms with Crippen molar-refractivity contribution in [1.82, 2.24) is 0 Å². The number of nitrogens with two attached hydrogens (primary N) is 1. The molecule has 3 rings (SSSR count). The van der Waals surface area contributed by atoms with Gasteiger partial charge in [0.05, 0.1) is 0 Å². The van der Waals surface area contributed by atoms with Gasteiger partial charge in [0.1, 0.15) is 0 Å². The minimum Gasteiger partial charge on any atom is -0.398 e. The Kier molecular flexibility index (Phi) is 1.66. The zero-order valence-electron chi connectivity index (χ0n) is 8.29. The molecular formula is C13H15N. The molecule has 2 N–H and O–H groups in total. The Morgan fingerprint density at radius 3 is 2.86 bits per heavy atom. The summed E-state index contributed by atoms with van der Waals surface area (Å²) in [4.78, 5) is 0. The van der Waals surface area contributed by atoms with Crippen molar-refractivity contribution in [3.63, 3.8) is 0 Å². The fraction of sp³-hybridized carbons (Fsp3) is 0.385. The van der Waals surface area contributed by atoms with Crippen molar-refractivity contribution < 1.29 is 0 Å². The second kappa shape index (κ2) is 2.88. The summed E-state index contributed by atoms with van der Waals surface area (Å²) in [6.07, 6.45) is 9.54. The monoisotopic (exact) mass is 185 g/mol. The summed E-state index contributed by atoms with van der Waals surface area (Å²) < 4.78 is 0. The minimum absolute atomic E-state index is 0.826. The Balaban J connectivity index is 2.19. The van der Waals surface area contributed by atoms with Gasteiger partial charge in [-0.25, -0.2) is 0 Å². The zero-order chi connectivity index (χ0) is 9.54. The highest BCUT2D eigenvalue weighted by Crippen LogP contribution is 2.44. The van der Waals surface area contributed by atoms with Crippen molar-refractivity contribution >= 4 is 11.8 Å². The van der Waals surface area contributed by atoms with Crippen molar-refractivity contribution in [2.45, 2.75) is 31.6 Å². The maximum absolute atomic E-state index is 6.00. The first-order valence-corrected chi connectivity index (χ1v) is 5.44. The van der Waals surface area contributed by atoms with E-state index in [9.17, 15) is 0 Å². The lowest BCUT2D eigenvalue weighted by atomic mass is 9.90. The van der Waals surface area contributed by atoms with Crippen LogP contribution in [-0.4, -0.2) is 0 Å². The van der Waals surface area contributed by atoms with Gasteiger partial charge in [-0.2, -0.15) is 0 Å². The number of nitrogen functional groups attached to an aromatic ring is 1. The normalized spacial score (nSPS) is 19.4. The topological polar surface area (TPSA) is 26.0 Å². The fourth-order valence-electron chi connectivity index (χ4n) is 2.35. The minimum atomic E-state index is 0.826. The van der Waals surface area contributed by atoms with Crippen molar-refractivity contribution in [2.75, 3.05) is 5.73 Å². The van der Waals surface area contributed by atoms with Gasteiger partial charge in [0.2, 0.25) is 0 Å². The first-order chi connectivity index (χ1) is 6.86. The molecule has 0 amide bonds. The number of hydrogen-bond donors (Lipinski definition) is 1. The van der Waals surface area contributed by atoms with E-state index >= 15 is 0 Å². The van der Waals surface area contributed by atoms with Gasteiger partial charge < -0.3 is 5.73 Å². The van der Waals surface area contributed by atoms with E-state index in [0.29, 0.717) is 0 Å². The highest BCUT2D eigenvalue weighted by molar-refractivity contribution is 5.68. The van der Waals surface area contributed by atoms with Crippen molar-refractivity contribution in [2.24, 2.45) is 0 Å². The fourth-order valence-corrected chi connectivity index (χ4v) is 2.35. The first-order valence-electron chi connectivity index (χ1n) is 5.44. The van der Waals surface area contributed by atoms with Crippen molar-refractivity contribution in [3.8, 4) is 0 Å². The molecule has 1 fully saturated rings. The second-order valence-corrected chi connectivity index (χ2v) is 4.35. The molecule has 0 saturated heterocycles. The molecule has 72 valence electrons. The smallest absolute Gasteiger partial charge is 0.0352 e. The van der Waals surface area contributed by atoms with E-state index in [0.717, 1.165) is 24.4 Å². The van der Waals surface area contributed by atoms with Gasteiger partial charge in [0, 0.05) is 5.69 Å². The molecule has 0 unspecified atom stereocenters. The van der Waals surface area contributed by atoms with E-state index in [1.54, 1.807) is 0 Å². The van der Waals surface area contributed by atoms with Crippen LogP contribution in [-0.2, 0) is 6.42 Å². The summed E-state index contributed by atoms with van der Waals surface area (Å²) in [5.74, 6) is 0.826. The van der Waals surface area contributed by atoms with Crippen molar-refractivity contribution in [3.05, 3.63) is 34.9 Å². The summed E-state index contributed by atoms with van der Waals surface area (Å²) >= 11 is 0. The SMILES string of the molecule is Nc1ccc(C2CC2)c2c1CCC=C2. The van der Waals surface area contributed by atoms with Crippen LogP contribution in [0.25, 0.3) is 6.08 Å². The Morgan fingerprint density at radius 1 is 1.21 bits per heavy atom. The third-order valence-corrected chi connectivity index (χ3v) is 3.29. The Morgan fingerprint density at radius 2 is 2.07 bits per heavy atom. The summed E-state index contributed by atoms with van der Waals surface area (Å²) in [6.45, 7) is 0. The van der Waals surface area contributed by atoms with E-state index < -0.39 is 0 Å². The lowest BCUT2D eigenvalue weighted by molar-refractivity contribution is 0.972. The number of anilines is 1. The maximum atomic E-state index is 6.00. The Labute approximate surface area is 84.6 Å².